The fourth-order valence-electron chi connectivity index (χ4n) is 4.53. The molecular weight excluding hydrogens is 418 g/mol. The maximum Gasteiger partial charge on any atom is 0.170 e. The monoisotopic (exact) mass is 449 g/mol. The lowest BCUT2D eigenvalue weighted by Gasteiger charge is -2.29. The third kappa shape index (κ3) is 4.23. The van der Waals surface area contributed by atoms with E-state index < -0.39 is 0 Å². The van der Waals surface area contributed by atoms with Gasteiger partial charge in [-0.3, -0.25) is 4.98 Å². The van der Waals surface area contributed by atoms with E-state index >= 15 is 0 Å². The van der Waals surface area contributed by atoms with Crippen molar-refractivity contribution in [2.24, 2.45) is 0 Å². The first-order chi connectivity index (χ1) is 15.4. The molecule has 2 atom stereocenters. The number of nitrogens with zero attached hydrogens (tertiary/aromatic N) is 4. The average Bonchev–Trinajstić information content (AvgIpc) is 3.27. The second-order valence-electron chi connectivity index (χ2n) is 8.49. The zero-order valence-corrected chi connectivity index (χ0v) is 20.2. The highest BCUT2D eigenvalue weighted by Gasteiger charge is 2.41. The summed E-state index contributed by atoms with van der Waals surface area (Å²) in [6.45, 7) is 6.09. The Morgan fingerprint density at radius 3 is 2.62 bits per heavy atom. The van der Waals surface area contributed by atoms with E-state index in [1.54, 1.807) is 7.11 Å². The quantitative estimate of drug-likeness (QED) is 0.550. The number of hydrogen-bond acceptors (Lipinski definition) is 4. The molecule has 0 radical (unpaired) electrons. The summed E-state index contributed by atoms with van der Waals surface area (Å²) in [5, 5.41) is 4.33. The summed E-state index contributed by atoms with van der Waals surface area (Å²) in [5.74, 6) is 0.847. The SMILES string of the molecule is COc1cccc(-n2c(C)cc([C@@H]3[C@H](c4ccccn4)NC(=S)N3CCN(C)C)c2C)c1. The summed E-state index contributed by atoms with van der Waals surface area (Å²) in [7, 11) is 5.88. The minimum absolute atomic E-state index is 0.00915. The van der Waals surface area contributed by atoms with Crippen LogP contribution in [0.15, 0.2) is 54.7 Å². The first-order valence-corrected chi connectivity index (χ1v) is 11.3. The molecule has 1 saturated heterocycles. The molecule has 3 aromatic rings. The Labute approximate surface area is 195 Å². The number of ether oxygens (including phenoxy) is 1. The molecule has 3 heterocycles. The van der Waals surface area contributed by atoms with Gasteiger partial charge >= 0.3 is 0 Å². The molecule has 6 nitrogen and oxygen atoms in total. The molecule has 0 amide bonds. The lowest BCUT2D eigenvalue weighted by Crippen LogP contribution is -2.35. The Morgan fingerprint density at radius 1 is 1.12 bits per heavy atom. The summed E-state index contributed by atoms with van der Waals surface area (Å²) in [4.78, 5) is 9.16. The minimum atomic E-state index is -0.00915. The molecule has 4 rings (SSSR count). The maximum absolute atomic E-state index is 5.80. The van der Waals surface area contributed by atoms with E-state index in [-0.39, 0.29) is 12.1 Å². The van der Waals surface area contributed by atoms with Gasteiger partial charge in [-0.2, -0.15) is 0 Å². The zero-order chi connectivity index (χ0) is 22.8. The van der Waals surface area contributed by atoms with Crippen molar-refractivity contribution in [3.05, 3.63) is 77.4 Å². The van der Waals surface area contributed by atoms with Gasteiger partial charge < -0.3 is 24.4 Å². The molecule has 0 bridgehead atoms. The normalized spacial score (nSPS) is 18.3. The Morgan fingerprint density at radius 2 is 1.94 bits per heavy atom. The number of benzene rings is 1. The van der Waals surface area contributed by atoms with Gasteiger partial charge in [0.2, 0.25) is 0 Å². The summed E-state index contributed by atoms with van der Waals surface area (Å²) >= 11 is 5.80. The number of hydrogen-bond donors (Lipinski definition) is 1. The smallest absolute Gasteiger partial charge is 0.170 e. The Bertz CT molecular complexity index is 1090. The van der Waals surface area contributed by atoms with Crippen LogP contribution in [0.25, 0.3) is 5.69 Å². The number of thiocarbonyl (C=S) groups is 1. The number of rotatable bonds is 7. The highest BCUT2D eigenvalue weighted by Crippen LogP contribution is 2.41. The zero-order valence-electron chi connectivity index (χ0n) is 19.4. The van der Waals surface area contributed by atoms with Crippen molar-refractivity contribution >= 4 is 17.3 Å². The third-order valence-corrected chi connectivity index (χ3v) is 6.44. The van der Waals surface area contributed by atoms with Crippen molar-refractivity contribution in [1.29, 1.82) is 0 Å². The van der Waals surface area contributed by atoms with E-state index in [1.807, 2.05) is 30.5 Å². The van der Waals surface area contributed by atoms with Crippen LogP contribution < -0.4 is 10.1 Å². The van der Waals surface area contributed by atoms with Gasteiger partial charge in [0.05, 0.1) is 24.9 Å². The van der Waals surface area contributed by atoms with Gasteiger partial charge in [0.1, 0.15) is 5.75 Å². The fourth-order valence-corrected chi connectivity index (χ4v) is 4.86. The highest BCUT2D eigenvalue weighted by molar-refractivity contribution is 7.80. The van der Waals surface area contributed by atoms with Crippen LogP contribution in [0.2, 0.25) is 0 Å². The number of aryl methyl sites for hydroxylation is 1. The van der Waals surface area contributed by atoms with Gasteiger partial charge in [-0.25, -0.2) is 0 Å². The number of methoxy groups -OCH3 is 1. The van der Waals surface area contributed by atoms with Crippen LogP contribution in [0.4, 0.5) is 0 Å². The van der Waals surface area contributed by atoms with Gasteiger partial charge in [-0.15, -0.1) is 0 Å². The largest absolute Gasteiger partial charge is 0.497 e. The van der Waals surface area contributed by atoms with Crippen molar-refractivity contribution in [3.8, 4) is 11.4 Å². The average molecular weight is 450 g/mol. The van der Waals surface area contributed by atoms with Crippen molar-refractivity contribution in [2.75, 3.05) is 34.3 Å². The van der Waals surface area contributed by atoms with Crippen LogP contribution in [-0.2, 0) is 0 Å². The van der Waals surface area contributed by atoms with Crippen LogP contribution in [0.1, 0.15) is 34.7 Å². The first-order valence-electron chi connectivity index (χ1n) is 10.9. The molecule has 0 unspecified atom stereocenters. The molecule has 0 aliphatic carbocycles. The summed E-state index contributed by atoms with van der Waals surface area (Å²) < 4.78 is 7.75. The molecular formula is C25H31N5OS. The standard InChI is InChI=1S/C25H31N5OS/c1-17-15-21(18(2)30(17)19-9-8-10-20(16-19)31-5)24-23(22-11-6-7-12-26-22)27-25(32)29(24)14-13-28(3)4/h6-12,15-16,23-24H,13-14H2,1-5H3,(H,27,32)/t23-,24+/m0/s1. The molecule has 1 aliphatic rings. The first kappa shape index (κ1) is 22.3. The number of nitrogens with one attached hydrogen (secondary N) is 1. The van der Waals surface area contributed by atoms with Crippen LogP contribution >= 0.6 is 12.2 Å². The van der Waals surface area contributed by atoms with E-state index in [9.17, 15) is 0 Å². The predicted molar refractivity (Wildman–Crippen MR) is 133 cm³/mol. The predicted octanol–water partition coefficient (Wildman–Crippen LogP) is 4.03. The minimum Gasteiger partial charge on any atom is -0.497 e. The Kier molecular flexibility index (Phi) is 6.48. The molecule has 2 aromatic heterocycles. The lowest BCUT2D eigenvalue weighted by atomic mass is 9.97. The topological polar surface area (TPSA) is 45.6 Å². The van der Waals surface area contributed by atoms with E-state index in [0.717, 1.165) is 35.3 Å². The van der Waals surface area contributed by atoms with Crippen LogP contribution in [0.5, 0.6) is 5.75 Å². The summed E-state index contributed by atoms with van der Waals surface area (Å²) in [6.07, 6.45) is 1.85. The molecule has 1 N–H and O–H groups in total. The molecule has 1 fully saturated rings. The fraction of sp³-hybridized carbons (Fsp3) is 0.360. The second-order valence-corrected chi connectivity index (χ2v) is 8.87. The van der Waals surface area contributed by atoms with Gasteiger partial charge in [0.25, 0.3) is 0 Å². The summed E-state index contributed by atoms with van der Waals surface area (Å²) in [6, 6.07) is 16.6. The van der Waals surface area contributed by atoms with E-state index in [4.69, 9.17) is 17.0 Å². The molecule has 1 aliphatic heterocycles. The molecule has 0 saturated carbocycles. The molecule has 168 valence electrons. The molecule has 0 spiro atoms. The van der Waals surface area contributed by atoms with Crippen LogP contribution in [0, 0.1) is 13.8 Å². The van der Waals surface area contributed by atoms with Gasteiger partial charge in [0.15, 0.2) is 5.11 Å². The molecule has 7 heteroatoms. The highest BCUT2D eigenvalue weighted by atomic mass is 32.1. The van der Waals surface area contributed by atoms with Gasteiger partial charge in [-0.1, -0.05) is 12.1 Å². The van der Waals surface area contributed by atoms with Gasteiger partial charge in [0, 0.05) is 42.4 Å². The number of aromatic nitrogens is 2. The third-order valence-electron chi connectivity index (χ3n) is 6.09. The maximum atomic E-state index is 5.80. The molecule has 32 heavy (non-hydrogen) atoms. The summed E-state index contributed by atoms with van der Waals surface area (Å²) in [5.41, 5.74) is 5.72. The second kappa shape index (κ2) is 9.30. The Hall–Kier alpha value is -2.90. The number of likely N-dealkylation sites (N-methyl/N-ethyl adjacent to an activating group) is 1. The van der Waals surface area contributed by atoms with E-state index in [0.29, 0.717) is 0 Å². The van der Waals surface area contributed by atoms with Crippen molar-refractivity contribution < 1.29 is 4.74 Å². The van der Waals surface area contributed by atoms with Crippen molar-refractivity contribution in [1.82, 2.24) is 24.7 Å². The molecule has 1 aromatic carbocycles. The van der Waals surface area contributed by atoms with E-state index in [1.165, 1.54) is 17.0 Å². The van der Waals surface area contributed by atoms with Crippen molar-refractivity contribution in [3.63, 3.8) is 0 Å². The van der Waals surface area contributed by atoms with Crippen molar-refractivity contribution in [2.45, 2.75) is 25.9 Å². The lowest BCUT2D eigenvalue weighted by molar-refractivity contribution is 0.277. The van der Waals surface area contributed by atoms with Crippen LogP contribution in [-0.4, -0.2) is 58.8 Å². The van der Waals surface area contributed by atoms with Crippen LogP contribution in [0.3, 0.4) is 0 Å². The van der Waals surface area contributed by atoms with Gasteiger partial charge in [-0.05, 0) is 76.1 Å². The van der Waals surface area contributed by atoms with E-state index in [2.05, 4.69) is 76.9 Å². The Balaban J connectivity index is 1.80. The number of pyridine rings is 1.